The number of hydrogen-bond donors (Lipinski definition) is 0. The summed E-state index contributed by atoms with van der Waals surface area (Å²) in [6, 6.07) is 14.6. The van der Waals surface area contributed by atoms with Crippen molar-refractivity contribution in [3.8, 4) is 0 Å². The summed E-state index contributed by atoms with van der Waals surface area (Å²) in [5.74, 6) is 0.00152. The topological polar surface area (TPSA) is 48.8 Å². The lowest BCUT2D eigenvalue weighted by Crippen LogP contribution is -2.21. The van der Waals surface area contributed by atoms with Crippen LogP contribution >= 0.6 is 0 Å². The van der Waals surface area contributed by atoms with Crippen LogP contribution in [0.5, 0.6) is 0 Å². The molecule has 0 saturated carbocycles. The van der Waals surface area contributed by atoms with Gasteiger partial charge in [-0.3, -0.25) is 0 Å². The number of benzene rings is 2. The van der Waals surface area contributed by atoms with Gasteiger partial charge in [0.1, 0.15) is 5.82 Å². The van der Waals surface area contributed by atoms with E-state index in [0.29, 0.717) is 0 Å². The van der Waals surface area contributed by atoms with Crippen LogP contribution in [-0.4, -0.2) is 0 Å². The predicted octanol–water partition coefficient (Wildman–Crippen LogP) is 4.98. The molecule has 3 nitrogen and oxygen atoms in total. The van der Waals surface area contributed by atoms with Crippen LogP contribution in [0.3, 0.4) is 0 Å². The van der Waals surface area contributed by atoms with Gasteiger partial charge in [-0.25, -0.2) is 4.39 Å². The van der Waals surface area contributed by atoms with E-state index in [9.17, 15) is 4.39 Å². The van der Waals surface area contributed by atoms with E-state index in [0.717, 1.165) is 30.4 Å². The molecule has 0 N–H and O–H groups in total. The Balaban J connectivity index is 1.90. The maximum absolute atomic E-state index is 13.3. The van der Waals surface area contributed by atoms with E-state index in [1.807, 2.05) is 24.3 Å². The van der Waals surface area contributed by atoms with Crippen molar-refractivity contribution in [2.75, 3.05) is 0 Å². The van der Waals surface area contributed by atoms with Crippen LogP contribution in [0.15, 0.2) is 53.6 Å². The minimum absolute atomic E-state index is 0.164. The molecular weight excluding hydrogens is 265 g/mol. The molecule has 4 heteroatoms. The molecule has 2 atom stereocenters. The molecule has 106 valence electrons. The molecule has 0 fully saturated rings. The molecule has 2 aromatic rings. The van der Waals surface area contributed by atoms with Crippen molar-refractivity contribution in [2.24, 2.45) is 11.0 Å². The molecule has 21 heavy (non-hydrogen) atoms. The van der Waals surface area contributed by atoms with Crippen molar-refractivity contribution in [3.05, 3.63) is 81.5 Å². The molecule has 0 bridgehead atoms. The molecule has 0 radical (unpaired) electrons. The minimum Gasteiger partial charge on any atom is -0.207 e. The average molecular weight is 281 g/mol. The fraction of sp³-hybridized carbons (Fsp3) is 0.294. The Hall–Kier alpha value is -2.32. The Morgan fingerprint density at radius 1 is 1.19 bits per heavy atom. The zero-order valence-corrected chi connectivity index (χ0v) is 11.6. The number of hydrogen-bond acceptors (Lipinski definition) is 1. The summed E-state index contributed by atoms with van der Waals surface area (Å²) in [5, 5.41) is 4.01. The number of azide groups is 1. The number of aryl methyl sites for hydroxylation is 1. The van der Waals surface area contributed by atoms with Gasteiger partial charge in [0.15, 0.2) is 0 Å². The zero-order chi connectivity index (χ0) is 14.7. The molecular formula is C17H16FN3. The van der Waals surface area contributed by atoms with Crippen LogP contribution in [0.4, 0.5) is 4.39 Å². The summed E-state index contributed by atoms with van der Waals surface area (Å²) in [4.78, 5) is 3.02. The van der Waals surface area contributed by atoms with Gasteiger partial charge in [0, 0.05) is 4.91 Å². The fourth-order valence-corrected chi connectivity index (χ4v) is 3.20. The number of halogens is 1. The van der Waals surface area contributed by atoms with Crippen LogP contribution < -0.4 is 0 Å². The zero-order valence-electron chi connectivity index (χ0n) is 11.6. The Kier molecular flexibility index (Phi) is 3.89. The Labute approximate surface area is 123 Å². The van der Waals surface area contributed by atoms with E-state index in [2.05, 4.69) is 16.1 Å². The average Bonchev–Trinajstić information content (AvgIpc) is 2.50. The van der Waals surface area contributed by atoms with E-state index in [1.54, 1.807) is 12.1 Å². The second kappa shape index (κ2) is 5.98. The van der Waals surface area contributed by atoms with Gasteiger partial charge >= 0.3 is 0 Å². The van der Waals surface area contributed by atoms with Crippen LogP contribution in [0.2, 0.25) is 0 Å². The van der Waals surface area contributed by atoms with Gasteiger partial charge in [-0.15, -0.1) is 0 Å². The summed E-state index contributed by atoms with van der Waals surface area (Å²) in [6.45, 7) is 0. The lowest BCUT2D eigenvalue weighted by Gasteiger charge is -2.30. The van der Waals surface area contributed by atoms with Crippen molar-refractivity contribution in [3.63, 3.8) is 0 Å². The first-order valence-electron chi connectivity index (χ1n) is 7.14. The summed E-state index contributed by atoms with van der Waals surface area (Å²) in [5.41, 5.74) is 12.2. The predicted molar refractivity (Wildman–Crippen MR) is 80.2 cm³/mol. The number of nitrogens with zero attached hydrogens (tertiary/aromatic N) is 3. The highest BCUT2D eigenvalue weighted by Gasteiger charge is 2.28. The van der Waals surface area contributed by atoms with E-state index in [-0.39, 0.29) is 17.8 Å². The van der Waals surface area contributed by atoms with Gasteiger partial charge in [-0.05, 0) is 59.5 Å². The Morgan fingerprint density at radius 3 is 2.86 bits per heavy atom. The van der Waals surface area contributed by atoms with Crippen LogP contribution in [0.25, 0.3) is 10.4 Å². The first kappa shape index (κ1) is 13.7. The van der Waals surface area contributed by atoms with Crippen molar-refractivity contribution in [2.45, 2.75) is 25.3 Å². The van der Waals surface area contributed by atoms with E-state index < -0.39 is 0 Å². The third-order valence-electron chi connectivity index (χ3n) is 4.17. The maximum Gasteiger partial charge on any atom is 0.123 e. The smallest absolute Gasteiger partial charge is 0.123 e. The second-order valence-electron chi connectivity index (χ2n) is 5.48. The molecule has 0 heterocycles. The lowest BCUT2D eigenvalue weighted by molar-refractivity contribution is 0.375. The molecule has 1 aliphatic rings. The standard InChI is InChI=1S/C17H16FN3/c18-15-6-3-4-12(11-15)10-14-9-8-13-5-1-2-7-16(13)17(14)20-21-19/h1-7,11,14,17H,8-10H2. The number of fused-ring (bicyclic) bond motifs is 1. The molecule has 2 aromatic carbocycles. The lowest BCUT2D eigenvalue weighted by atomic mass is 9.77. The van der Waals surface area contributed by atoms with Crippen molar-refractivity contribution < 1.29 is 4.39 Å². The quantitative estimate of drug-likeness (QED) is 0.432. The van der Waals surface area contributed by atoms with Gasteiger partial charge in [0.2, 0.25) is 0 Å². The molecule has 0 saturated heterocycles. The Morgan fingerprint density at radius 2 is 2.05 bits per heavy atom. The van der Waals surface area contributed by atoms with E-state index in [4.69, 9.17) is 5.53 Å². The van der Waals surface area contributed by atoms with Gasteiger partial charge in [-0.2, -0.15) is 0 Å². The second-order valence-corrected chi connectivity index (χ2v) is 5.48. The summed E-state index contributed by atoms with van der Waals surface area (Å²) < 4.78 is 13.3. The highest BCUT2D eigenvalue weighted by atomic mass is 19.1. The van der Waals surface area contributed by atoms with Crippen LogP contribution in [-0.2, 0) is 12.8 Å². The van der Waals surface area contributed by atoms with E-state index >= 15 is 0 Å². The van der Waals surface area contributed by atoms with Crippen molar-refractivity contribution in [1.82, 2.24) is 0 Å². The molecule has 0 aromatic heterocycles. The third kappa shape index (κ3) is 2.91. The molecule has 0 amide bonds. The first-order chi connectivity index (χ1) is 10.3. The monoisotopic (exact) mass is 281 g/mol. The molecule has 2 unspecified atom stereocenters. The first-order valence-corrected chi connectivity index (χ1v) is 7.14. The van der Waals surface area contributed by atoms with Gasteiger partial charge < -0.3 is 0 Å². The highest BCUT2D eigenvalue weighted by Crippen LogP contribution is 2.39. The molecule has 3 rings (SSSR count). The normalized spacial score (nSPS) is 20.4. The largest absolute Gasteiger partial charge is 0.207 e. The molecule has 1 aliphatic carbocycles. The van der Waals surface area contributed by atoms with Crippen LogP contribution in [0, 0.1) is 11.7 Å². The van der Waals surface area contributed by atoms with Gasteiger partial charge in [-0.1, -0.05) is 41.5 Å². The summed E-state index contributed by atoms with van der Waals surface area (Å²) in [6.07, 6.45) is 2.67. The third-order valence-corrected chi connectivity index (χ3v) is 4.17. The summed E-state index contributed by atoms with van der Waals surface area (Å²) in [7, 11) is 0. The molecule has 0 aliphatic heterocycles. The van der Waals surface area contributed by atoms with Gasteiger partial charge in [0.05, 0.1) is 6.04 Å². The van der Waals surface area contributed by atoms with Crippen molar-refractivity contribution >= 4 is 0 Å². The summed E-state index contributed by atoms with van der Waals surface area (Å²) >= 11 is 0. The van der Waals surface area contributed by atoms with E-state index in [1.165, 1.54) is 11.6 Å². The highest BCUT2D eigenvalue weighted by molar-refractivity contribution is 5.34. The Bertz CT molecular complexity index is 692. The van der Waals surface area contributed by atoms with Crippen LogP contribution in [0.1, 0.15) is 29.2 Å². The molecule has 0 spiro atoms. The SMILES string of the molecule is [N-]=[N+]=NC1c2ccccc2CCC1Cc1cccc(F)c1. The number of rotatable bonds is 3. The maximum atomic E-state index is 13.3. The van der Waals surface area contributed by atoms with Gasteiger partial charge in [0.25, 0.3) is 0 Å². The van der Waals surface area contributed by atoms with Crippen molar-refractivity contribution in [1.29, 1.82) is 0 Å². The fourth-order valence-electron chi connectivity index (χ4n) is 3.20. The minimum atomic E-state index is -0.218.